The van der Waals surface area contributed by atoms with E-state index in [9.17, 15) is 4.79 Å². The predicted octanol–water partition coefficient (Wildman–Crippen LogP) is 2.10. The zero-order chi connectivity index (χ0) is 11.6. The highest BCUT2D eigenvalue weighted by atomic mass is 32.1. The highest BCUT2D eigenvalue weighted by Gasteiger charge is 2.22. The first-order valence-corrected chi connectivity index (χ1v) is 5.48. The lowest BCUT2D eigenvalue weighted by atomic mass is 9.91. The summed E-state index contributed by atoms with van der Waals surface area (Å²) in [6, 6.07) is 0. The average molecular weight is 228 g/mol. The number of thiazole rings is 1. The molecule has 5 heteroatoms. The minimum Gasteiger partial charge on any atom is -0.464 e. The first-order chi connectivity index (χ1) is 6.83. The molecule has 84 valence electrons. The monoisotopic (exact) mass is 228 g/mol. The van der Waals surface area contributed by atoms with Crippen LogP contribution in [0.4, 0.5) is 5.13 Å². The molecule has 0 aromatic carbocycles. The van der Waals surface area contributed by atoms with Crippen molar-refractivity contribution < 1.29 is 9.53 Å². The van der Waals surface area contributed by atoms with Gasteiger partial charge in [-0.1, -0.05) is 20.8 Å². The van der Waals surface area contributed by atoms with Crippen LogP contribution in [-0.2, 0) is 11.2 Å². The molecule has 0 spiro atoms. The SMILES string of the molecule is COC(=O)c1nc(N)sc1CC(C)(C)C. The van der Waals surface area contributed by atoms with Crippen molar-refractivity contribution >= 4 is 22.4 Å². The molecular weight excluding hydrogens is 212 g/mol. The third kappa shape index (κ3) is 3.20. The fourth-order valence-corrected chi connectivity index (χ4v) is 2.35. The van der Waals surface area contributed by atoms with Gasteiger partial charge in [-0.3, -0.25) is 0 Å². The number of hydrogen-bond donors (Lipinski definition) is 1. The normalized spacial score (nSPS) is 11.5. The lowest BCUT2D eigenvalue weighted by Crippen LogP contribution is -2.12. The van der Waals surface area contributed by atoms with Crippen molar-refractivity contribution in [1.29, 1.82) is 0 Å². The second-order valence-corrected chi connectivity index (χ2v) is 5.67. The van der Waals surface area contributed by atoms with Crippen LogP contribution in [0.2, 0.25) is 0 Å². The van der Waals surface area contributed by atoms with Crippen LogP contribution in [0.3, 0.4) is 0 Å². The van der Waals surface area contributed by atoms with Crippen LogP contribution in [0.25, 0.3) is 0 Å². The molecule has 2 N–H and O–H groups in total. The molecule has 0 amide bonds. The number of ether oxygens (including phenoxy) is 1. The maximum absolute atomic E-state index is 11.4. The van der Waals surface area contributed by atoms with Gasteiger partial charge < -0.3 is 10.5 Å². The van der Waals surface area contributed by atoms with Crippen LogP contribution >= 0.6 is 11.3 Å². The topological polar surface area (TPSA) is 65.2 Å². The van der Waals surface area contributed by atoms with Crippen molar-refractivity contribution in [3.63, 3.8) is 0 Å². The van der Waals surface area contributed by atoms with Gasteiger partial charge in [0.2, 0.25) is 0 Å². The molecule has 1 rings (SSSR count). The zero-order valence-corrected chi connectivity index (χ0v) is 10.3. The zero-order valence-electron chi connectivity index (χ0n) is 9.46. The molecule has 0 saturated carbocycles. The molecule has 1 heterocycles. The quantitative estimate of drug-likeness (QED) is 0.787. The summed E-state index contributed by atoms with van der Waals surface area (Å²) in [6.45, 7) is 6.30. The molecule has 0 atom stereocenters. The first-order valence-electron chi connectivity index (χ1n) is 4.67. The Morgan fingerprint density at radius 2 is 2.13 bits per heavy atom. The lowest BCUT2D eigenvalue weighted by molar-refractivity contribution is 0.0593. The van der Waals surface area contributed by atoms with Gasteiger partial charge in [-0.05, 0) is 11.8 Å². The van der Waals surface area contributed by atoms with Gasteiger partial charge in [-0.2, -0.15) is 0 Å². The van der Waals surface area contributed by atoms with E-state index in [4.69, 9.17) is 5.73 Å². The van der Waals surface area contributed by atoms with Crippen molar-refractivity contribution in [2.45, 2.75) is 27.2 Å². The van der Waals surface area contributed by atoms with Gasteiger partial charge in [0.1, 0.15) is 0 Å². The van der Waals surface area contributed by atoms with Gasteiger partial charge in [0.15, 0.2) is 10.8 Å². The number of methoxy groups -OCH3 is 1. The molecule has 0 aliphatic carbocycles. The summed E-state index contributed by atoms with van der Waals surface area (Å²) in [4.78, 5) is 16.3. The number of anilines is 1. The lowest BCUT2D eigenvalue weighted by Gasteiger charge is -2.16. The van der Waals surface area contributed by atoms with Crippen molar-refractivity contribution in [3.05, 3.63) is 10.6 Å². The number of hydrogen-bond acceptors (Lipinski definition) is 5. The summed E-state index contributed by atoms with van der Waals surface area (Å²) in [5.74, 6) is -0.415. The van der Waals surface area contributed by atoms with Crippen LogP contribution in [-0.4, -0.2) is 18.1 Å². The third-order valence-electron chi connectivity index (χ3n) is 1.78. The first kappa shape index (κ1) is 12.0. The Balaban J connectivity index is 3.01. The van der Waals surface area contributed by atoms with Crippen LogP contribution in [0.5, 0.6) is 0 Å². The Morgan fingerprint density at radius 3 is 2.60 bits per heavy atom. The number of carbonyl (C=O) groups is 1. The number of nitrogens with zero attached hydrogens (tertiary/aromatic N) is 1. The number of nitrogens with two attached hydrogens (primary N) is 1. The van der Waals surface area contributed by atoms with Gasteiger partial charge in [0.25, 0.3) is 0 Å². The molecule has 0 aliphatic heterocycles. The van der Waals surface area contributed by atoms with Crippen LogP contribution in [0.15, 0.2) is 0 Å². The third-order valence-corrected chi connectivity index (χ3v) is 2.67. The summed E-state index contributed by atoms with van der Waals surface area (Å²) in [6.07, 6.45) is 0.770. The van der Waals surface area contributed by atoms with Crippen molar-refractivity contribution in [2.75, 3.05) is 12.8 Å². The molecular formula is C10H16N2O2S. The fraction of sp³-hybridized carbons (Fsp3) is 0.600. The van der Waals surface area contributed by atoms with E-state index in [0.717, 1.165) is 11.3 Å². The maximum Gasteiger partial charge on any atom is 0.357 e. The van der Waals surface area contributed by atoms with E-state index in [1.807, 2.05) is 0 Å². The van der Waals surface area contributed by atoms with Crippen molar-refractivity contribution in [2.24, 2.45) is 5.41 Å². The Hall–Kier alpha value is -1.10. The molecule has 0 bridgehead atoms. The van der Waals surface area contributed by atoms with E-state index >= 15 is 0 Å². The Morgan fingerprint density at radius 1 is 1.53 bits per heavy atom. The van der Waals surface area contributed by atoms with Crippen LogP contribution in [0, 0.1) is 5.41 Å². The van der Waals surface area contributed by atoms with E-state index in [1.54, 1.807) is 0 Å². The van der Waals surface area contributed by atoms with E-state index in [1.165, 1.54) is 18.4 Å². The van der Waals surface area contributed by atoms with Gasteiger partial charge in [-0.25, -0.2) is 9.78 Å². The minimum atomic E-state index is -0.415. The summed E-state index contributed by atoms with van der Waals surface area (Å²) in [5.41, 5.74) is 6.05. The Bertz CT molecular complexity index is 366. The molecule has 0 unspecified atom stereocenters. The second-order valence-electron chi connectivity index (χ2n) is 4.55. The maximum atomic E-state index is 11.4. The largest absolute Gasteiger partial charge is 0.464 e. The Kier molecular flexibility index (Phi) is 3.34. The fourth-order valence-electron chi connectivity index (χ4n) is 1.23. The van der Waals surface area contributed by atoms with Gasteiger partial charge in [-0.15, -0.1) is 11.3 Å². The molecule has 0 fully saturated rings. The van der Waals surface area contributed by atoms with E-state index in [-0.39, 0.29) is 5.41 Å². The van der Waals surface area contributed by atoms with Gasteiger partial charge in [0.05, 0.1) is 7.11 Å². The summed E-state index contributed by atoms with van der Waals surface area (Å²) < 4.78 is 4.65. The van der Waals surface area contributed by atoms with Gasteiger partial charge >= 0.3 is 5.97 Å². The highest BCUT2D eigenvalue weighted by molar-refractivity contribution is 7.15. The van der Waals surface area contributed by atoms with Crippen LogP contribution in [0.1, 0.15) is 36.1 Å². The van der Waals surface area contributed by atoms with Crippen molar-refractivity contribution in [3.8, 4) is 0 Å². The van der Waals surface area contributed by atoms with Crippen LogP contribution < -0.4 is 5.73 Å². The van der Waals surface area contributed by atoms with Gasteiger partial charge in [0, 0.05) is 4.88 Å². The average Bonchev–Trinajstić information content (AvgIpc) is 2.42. The highest BCUT2D eigenvalue weighted by Crippen LogP contribution is 2.29. The van der Waals surface area contributed by atoms with E-state index in [2.05, 4.69) is 30.5 Å². The van der Waals surface area contributed by atoms with E-state index in [0.29, 0.717) is 10.8 Å². The predicted molar refractivity (Wildman–Crippen MR) is 61.0 cm³/mol. The number of rotatable bonds is 2. The summed E-state index contributed by atoms with van der Waals surface area (Å²) >= 11 is 1.35. The number of aromatic nitrogens is 1. The molecule has 0 saturated heterocycles. The smallest absolute Gasteiger partial charge is 0.357 e. The number of carbonyl (C=O) groups excluding carboxylic acids is 1. The second kappa shape index (κ2) is 4.18. The molecule has 0 aliphatic rings. The number of nitrogen functional groups attached to an aromatic ring is 1. The Labute approximate surface area is 93.5 Å². The molecule has 0 radical (unpaired) electrons. The molecule has 15 heavy (non-hydrogen) atoms. The van der Waals surface area contributed by atoms with E-state index < -0.39 is 5.97 Å². The summed E-state index contributed by atoms with van der Waals surface area (Å²) in [7, 11) is 1.35. The number of esters is 1. The van der Waals surface area contributed by atoms with Crippen molar-refractivity contribution in [1.82, 2.24) is 4.98 Å². The molecule has 1 aromatic rings. The summed E-state index contributed by atoms with van der Waals surface area (Å²) in [5, 5.41) is 0.412. The molecule has 1 aromatic heterocycles. The molecule has 4 nitrogen and oxygen atoms in total. The standard InChI is InChI=1S/C10H16N2O2S/c1-10(2,3)5-6-7(8(13)14-4)12-9(11)15-6/h5H2,1-4H3,(H2,11,12). The minimum absolute atomic E-state index is 0.0990.